The number of rotatable bonds is 6. The van der Waals surface area contributed by atoms with Gasteiger partial charge in [0.05, 0.1) is 17.1 Å². The zero-order chi connectivity index (χ0) is 21.3. The number of fused-ring (bicyclic) bond motifs is 1. The number of imidazole rings is 1. The first-order valence-corrected chi connectivity index (χ1v) is 11.5. The Balaban J connectivity index is 1.53. The summed E-state index contributed by atoms with van der Waals surface area (Å²) in [4.78, 5) is 23.4. The van der Waals surface area contributed by atoms with Crippen LogP contribution in [0.2, 0.25) is 0 Å². The molecule has 2 aromatic carbocycles. The fraction of sp³-hybridized carbons (Fsp3) is 0.417. The van der Waals surface area contributed by atoms with Gasteiger partial charge in [-0.1, -0.05) is 47.7 Å². The average molecular weight is 423 g/mol. The molecule has 0 aliphatic carbocycles. The Hall–Kier alpha value is -2.31. The fourth-order valence-corrected chi connectivity index (χ4v) is 5.29. The van der Waals surface area contributed by atoms with E-state index < -0.39 is 0 Å². The van der Waals surface area contributed by atoms with Gasteiger partial charge in [0.1, 0.15) is 0 Å². The molecule has 0 bridgehead atoms. The van der Waals surface area contributed by atoms with Crippen LogP contribution in [-0.2, 0) is 11.3 Å². The van der Waals surface area contributed by atoms with Gasteiger partial charge in [-0.15, -0.1) is 0 Å². The van der Waals surface area contributed by atoms with E-state index in [1.807, 2.05) is 38.1 Å². The minimum Gasteiger partial charge on any atom is -0.353 e. The molecule has 1 saturated heterocycles. The minimum atomic E-state index is -0.116. The van der Waals surface area contributed by atoms with Crippen LogP contribution in [0.5, 0.6) is 0 Å². The SMILES string of the molecule is Cc1ccc(C)c(CN2C[C@@H](Sc3nc4ccccc4[nH]3)C[C@H]2C(=O)NC(C)C)c1. The van der Waals surface area contributed by atoms with Crippen LogP contribution in [0, 0.1) is 13.8 Å². The van der Waals surface area contributed by atoms with E-state index in [0.29, 0.717) is 5.25 Å². The van der Waals surface area contributed by atoms with Crippen molar-refractivity contribution in [1.29, 1.82) is 0 Å². The molecule has 6 heteroatoms. The van der Waals surface area contributed by atoms with E-state index in [2.05, 4.69) is 47.2 Å². The predicted molar refractivity (Wildman–Crippen MR) is 124 cm³/mol. The van der Waals surface area contributed by atoms with Gasteiger partial charge in [0.15, 0.2) is 5.16 Å². The van der Waals surface area contributed by atoms with Crippen molar-refractivity contribution >= 4 is 28.7 Å². The molecule has 30 heavy (non-hydrogen) atoms. The Morgan fingerprint density at radius 1 is 1.27 bits per heavy atom. The molecule has 5 nitrogen and oxygen atoms in total. The van der Waals surface area contributed by atoms with Crippen LogP contribution >= 0.6 is 11.8 Å². The second kappa shape index (κ2) is 8.82. The Labute approximate surface area is 182 Å². The van der Waals surface area contributed by atoms with Crippen molar-refractivity contribution in [2.45, 2.75) is 63.2 Å². The zero-order valence-electron chi connectivity index (χ0n) is 18.1. The van der Waals surface area contributed by atoms with Gasteiger partial charge in [-0.25, -0.2) is 4.98 Å². The molecule has 0 unspecified atom stereocenters. The van der Waals surface area contributed by atoms with Gasteiger partial charge in [-0.3, -0.25) is 9.69 Å². The highest BCUT2D eigenvalue weighted by atomic mass is 32.2. The van der Waals surface area contributed by atoms with Crippen molar-refractivity contribution < 1.29 is 4.79 Å². The smallest absolute Gasteiger partial charge is 0.237 e. The van der Waals surface area contributed by atoms with E-state index in [4.69, 9.17) is 4.98 Å². The molecular formula is C24H30N4OS. The van der Waals surface area contributed by atoms with Gasteiger partial charge in [0, 0.05) is 24.4 Å². The number of H-pyrrole nitrogens is 1. The molecule has 1 aliphatic heterocycles. The van der Waals surface area contributed by atoms with Crippen LogP contribution in [0.3, 0.4) is 0 Å². The maximum atomic E-state index is 13.0. The molecule has 1 amide bonds. The summed E-state index contributed by atoms with van der Waals surface area (Å²) in [5, 5.41) is 4.37. The van der Waals surface area contributed by atoms with Crippen molar-refractivity contribution in [3.8, 4) is 0 Å². The van der Waals surface area contributed by atoms with Crippen molar-refractivity contribution in [2.24, 2.45) is 0 Å². The lowest BCUT2D eigenvalue weighted by Crippen LogP contribution is -2.45. The van der Waals surface area contributed by atoms with Crippen LogP contribution in [-0.4, -0.2) is 44.7 Å². The second-order valence-corrected chi connectivity index (χ2v) is 9.86. The van der Waals surface area contributed by atoms with Crippen molar-refractivity contribution in [2.75, 3.05) is 6.54 Å². The molecule has 0 radical (unpaired) electrons. The molecule has 1 fully saturated rings. The van der Waals surface area contributed by atoms with Crippen molar-refractivity contribution in [3.05, 3.63) is 59.2 Å². The van der Waals surface area contributed by atoms with E-state index in [-0.39, 0.29) is 18.0 Å². The third kappa shape index (κ3) is 4.71. The topological polar surface area (TPSA) is 61.0 Å². The number of nitrogens with zero attached hydrogens (tertiary/aromatic N) is 2. The van der Waals surface area contributed by atoms with E-state index in [9.17, 15) is 4.79 Å². The van der Waals surface area contributed by atoms with Crippen LogP contribution in [0.25, 0.3) is 11.0 Å². The number of benzene rings is 2. The molecule has 2 N–H and O–H groups in total. The summed E-state index contributed by atoms with van der Waals surface area (Å²) in [5.74, 6) is 0.128. The standard InChI is InChI=1S/C24H30N4OS/c1-15(2)25-23(29)22-12-19(30-24-26-20-7-5-6-8-21(20)27-24)14-28(22)13-18-11-16(3)9-10-17(18)4/h5-11,15,19,22H,12-14H2,1-4H3,(H,25,29)(H,26,27)/t19-,22-/m0/s1. The summed E-state index contributed by atoms with van der Waals surface area (Å²) in [5.41, 5.74) is 5.87. The number of aromatic amines is 1. The molecule has 3 aromatic rings. The number of aryl methyl sites for hydroxylation is 2. The van der Waals surface area contributed by atoms with Gasteiger partial charge in [0.25, 0.3) is 0 Å². The number of hydrogen-bond acceptors (Lipinski definition) is 4. The Bertz CT molecular complexity index is 1010. The minimum absolute atomic E-state index is 0.116. The van der Waals surface area contributed by atoms with E-state index in [1.165, 1.54) is 16.7 Å². The van der Waals surface area contributed by atoms with Crippen LogP contribution in [0.1, 0.15) is 37.0 Å². The van der Waals surface area contributed by atoms with Gasteiger partial charge >= 0.3 is 0 Å². The van der Waals surface area contributed by atoms with Gasteiger partial charge in [0.2, 0.25) is 5.91 Å². The van der Waals surface area contributed by atoms with Crippen molar-refractivity contribution in [3.63, 3.8) is 0 Å². The lowest BCUT2D eigenvalue weighted by Gasteiger charge is -2.25. The zero-order valence-corrected chi connectivity index (χ0v) is 18.9. The second-order valence-electron chi connectivity index (χ2n) is 8.57. The van der Waals surface area contributed by atoms with Gasteiger partial charge in [-0.2, -0.15) is 0 Å². The van der Waals surface area contributed by atoms with Crippen LogP contribution in [0.4, 0.5) is 0 Å². The molecule has 1 aromatic heterocycles. The largest absolute Gasteiger partial charge is 0.353 e. The number of amides is 1. The summed E-state index contributed by atoms with van der Waals surface area (Å²) >= 11 is 1.75. The van der Waals surface area contributed by atoms with E-state index >= 15 is 0 Å². The molecule has 0 spiro atoms. The average Bonchev–Trinajstić information content (AvgIpc) is 3.27. The highest BCUT2D eigenvalue weighted by molar-refractivity contribution is 7.99. The molecule has 1 aliphatic rings. The first-order valence-electron chi connectivity index (χ1n) is 10.6. The number of nitrogens with one attached hydrogen (secondary N) is 2. The normalized spacial score (nSPS) is 19.6. The lowest BCUT2D eigenvalue weighted by atomic mass is 10.0. The van der Waals surface area contributed by atoms with Crippen LogP contribution < -0.4 is 5.32 Å². The summed E-state index contributed by atoms with van der Waals surface area (Å²) in [6.07, 6.45) is 0.825. The van der Waals surface area contributed by atoms with E-state index in [1.54, 1.807) is 11.8 Å². The molecule has 158 valence electrons. The first kappa shape index (κ1) is 20.9. The predicted octanol–water partition coefficient (Wildman–Crippen LogP) is 4.44. The highest BCUT2D eigenvalue weighted by Crippen LogP contribution is 2.34. The Morgan fingerprint density at radius 3 is 2.83 bits per heavy atom. The number of aromatic nitrogens is 2. The molecule has 0 saturated carbocycles. The number of likely N-dealkylation sites (tertiary alicyclic amines) is 1. The third-order valence-corrected chi connectivity index (χ3v) is 6.71. The summed E-state index contributed by atoms with van der Waals surface area (Å²) in [6.45, 7) is 9.96. The maximum Gasteiger partial charge on any atom is 0.237 e. The third-order valence-electron chi connectivity index (χ3n) is 5.62. The quantitative estimate of drug-likeness (QED) is 0.617. The first-order chi connectivity index (χ1) is 14.4. The monoisotopic (exact) mass is 422 g/mol. The van der Waals surface area contributed by atoms with Crippen LogP contribution in [0.15, 0.2) is 47.6 Å². The number of hydrogen-bond donors (Lipinski definition) is 2. The van der Waals surface area contributed by atoms with Gasteiger partial charge in [-0.05, 0) is 57.4 Å². The van der Waals surface area contributed by atoms with E-state index in [0.717, 1.165) is 35.7 Å². The lowest BCUT2D eigenvalue weighted by molar-refractivity contribution is -0.126. The number of carbonyl (C=O) groups is 1. The summed E-state index contributed by atoms with van der Waals surface area (Å²) < 4.78 is 0. The fourth-order valence-electron chi connectivity index (χ4n) is 4.11. The number of carbonyl (C=O) groups excluding carboxylic acids is 1. The Morgan fingerprint density at radius 2 is 2.07 bits per heavy atom. The Kier molecular flexibility index (Phi) is 6.16. The number of thioether (sulfide) groups is 1. The summed E-state index contributed by atoms with van der Waals surface area (Å²) in [7, 11) is 0. The molecule has 2 atom stereocenters. The summed E-state index contributed by atoms with van der Waals surface area (Å²) in [6, 6.07) is 14.7. The van der Waals surface area contributed by atoms with Crippen molar-refractivity contribution in [1.82, 2.24) is 20.2 Å². The maximum absolute atomic E-state index is 13.0. The number of para-hydroxylation sites is 2. The highest BCUT2D eigenvalue weighted by Gasteiger charge is 2.38. The van der Waals surface area contributed by atoms with Gasteiger partial charge < -0.3 is 10.3 Å². The molecule has 2 heterocycles. The molecule has 4 rings (SSSR count). The molecular weight excluding hydrogens is 392 g/mol.